The maximum atomic E-state index is 12.0. The van der Waals surface area contributed by atoms with Crippen molar-refractivity contribution in [2.75, 3.05) is 57.5 Å². The highest BCUT2D eigenvalue weighted by molar-refractivity contribution is 7.80. The Bertz CT molecular complexity index is 1570. The van der Waals surface area contributed by atoms with E-state index in [2.05, 4.69) is 16.0 Å². The molecule has 0 unspecified atom stereocenters. The van der Waals surface area contributed by atoms with Gasteiger partial charge in [-0.3, -0.25) is 19.7 Å². The van der Waals surface area contributed by atoms with Crippen LogP contribution in [0.1, 0.15) is 11.3 Å². The van der Waals surface area contributed by atoms with Gasteiger partial charge in [0, 0.05) is 30.6 Å². The minimum absolute atomic E-state index is 0.0851. The molecule has 1 aliphatic rings. The maximum absolute atomic E-state index is 12.0. The molecule has 14 nitrogen and oxygen atoms in total. The van der Waals surface area contributed by atoms with Crippen LogP contribution in [-0.4, -0.2) is 90.9 Å². The molecule has 1 aliphatic heterocycles. The molecule has 44 heavy (non-hydrogen) atoms. The molecule has 0 spiro atoms. The number of hydrogen-bond acceptors (Lipinski definition) is 11. The van der Waals surface area contributed by atoms with E-state index in [9.17, 15) is 24.6 Å². The minimum atomic E-state index is -1.04. The smallest absolute Gasteiger partial charge is 0.323 e. The summed E-state index contributed by atoms with van der Waals surface area (Å²) in [6.07, 6.45) is 1.52. The first kappa shape index (κ1) is 32.1. The number of hydrogen-bond donors (Lipinski definition) is 6. The first-order chi connectivity index (χ1) is 21.1. The van der Waals surface area contributed by atoms with Crippen LogP contribution in [0.15, 0.2) is 46.5 Å². The average Bonchev–Trinajstić information content (AvgIpc) is 3.50. The number of carbonyl (C=O) groups excluding carboxylic acids is 1. The fourth-order valence-corrected chi connectivity index (χ4v) is 4.49. The number of ether oxygens (including phenoxy) is 3. The van der Waals surface area contributed by atoms with Crippen LogP contribution in [0.2, 0.25) is 0 Å². The van der Waals surface area contributed by atoms with Gasteiger partial charge in [0.05, 0.1) is 18.8 Å². The number of aliphatic hydroxyl groups excluding tert-OH is 1. The van der Waals surface area contributed by atoms with Crippen LogP contribution in [0.5, 0.6) is 17.2 Å². The second kappa shape index (κ2) is 15.0. The number of aliphatic hydroxyl groups is 1. The summed E-state index contributed by atoms with van der Waals surface area (Å²) in [4.78, 5) is 35.7. The van der Waals surface area contributed by atoms with Gasteiger partial charge in [0.25, 0.3) is 5.91 Å². The zero-order valence-electron chi connectivity index (χ0n) is 23.8. The Morgan fingerprint density at radius 1 is 1.00 bits per heavy atom. The number of carboxylic acid groups (broad SMARTS) is 2. The van der Waals surface area contributed by atoms with E-state index < -0.39 is 11.9 Å². The Morgan fingerprint density at radius 2 is 1.73 bits per heavy atom. The number of carboxylic acids is 2. The summed E-state index contributed by atoms with van der Waals surface area (Å²) in [6, 6.07) is 10.4. The van der Waals surface area contributed by atoms with Gasteiger partial charge in [-0.05, 0) is 49.0 Å². The zero-order chi connectivity index (χ0) is 31.6. The van der Waals surface area contributed by atoms with E-state index in [1.807, 2.05) is 13.0 Å². The molecule has 1 fully saturated rings. The zero-order valence-corrected chi connectivity index (χ0v) is 24.6. The number of aliphatic carboxylic acids is 2. The molecule has 15 heteroatoms. The fourth-order valence-electron chi connectivity index (χ4n) is 4.29. The number of nitrogens with zero attached hydrogens (tertiary/aromatic N) is 1. The summed E-state index contributed by atoms with van der Waals surface area (Å²) < 4.78 is 23.8. The Morgan fingerprint density at radius 3 is 2.41 bits per heavy atom. The van der Waals surface area contributed by atoms with E-state index in [1.165, 1.54) is 11.0 Å². The molecule has 2 aromatic carbocycles. The Labute approximate surface area is 257 Å². The van der Waals surface area contributed by atoms with Crippen LogP contribution in [-0.2, 0) is 14.4 Å². The van der Waals surface area contributed by atoms with Crippen molar-refractivity contribution < 1.29 is 48.3 Å². The lowest BCUT2D eigenvalue weighted by molar-refractivity contribution is -0.136. The van der Waals surface area contributed by atoms with Gasteiger partial charge in [0.2, 0.25) is 0 Å². The van der Waals surface area contributed by atoms with Gasteiger partial charge in [0.1, 0.15) is 49.2 Å². The highest BCUT2D eigenvalue weighted by Crippen LogP contribution is 2.35. The third kappa shape index (κ3) is 8.82. The van der Waals surface area contributed by atoms with Gasteiger partial charge in [0.15, 0.2) is 16.6 Å². The van der Waals surface area contributed by atoms with Crippen LogP contribution < -0.4 is 35.1 Å². The molecule has 234 valence electrons. The number of amides is 1. The molecule has 0 aliphatic carbocycles. The molecule has 6 N–H and O–H groups in total. The average molecular weight is 629 g/mol. The number of carbonyl (C=O) groups is 3. The van der Waals surface area contributed by atoms with Crippen molar-refractivity contribution in [3.63, 3.8) is 0 Å². The van der Waals surface area contributed by atoms with Crippen molar-refractivity contribution in [2.45, 2.75) is 6.92 Å². The lowest BCUT2D eigenvalue weighted by Crippen LogP contribution is -2.32. The summed E-state index contributed by atoms with van der Waals surface area (Å²) >= 11 is 4.97. The lowest BCUT2D eigenvalue weighted by Gasteiger charge is -2.25. The summed E-state index contributed by atoms with van der Waals surface area (Å²) in [6.45, 7) is 1.82. The van der Waals surface area contributed by atoms with Crippen LogP contribution >= 0.6 is 12.2 Å². The minimum Gasteiger partial charge on any atom is -0.488 e. The summed E-state index contributed by atoms with van der Waals surface area (Å²) in [5.74, 6) is -0.870. The van der Waals surface area contributed by atoms with Crippen LogP contribution in [0, 0.1) is 6.92 Å². The van der Waals surface area contributed by atoms with Crippen LogP contribution in [0.4, 0.5) is 5.69 Å². The van der Waals surface area contributed by atoms with E-state index in [1.54, 1.807) is 30.3 Å². The quantitative estimate of drug-likeness (QED) is 0.0715. The van der Waals surface area contributed by atoms with E-state index in [0.717, 1.165) is 5.56 Å². The second-order valence-corrected chi connectivity index (χ2v) is 9.99. The number of thiocarbonyl (C=S) groups is 1. The van der Waals surface area contributed by atoms with Crippen molar-refractivity contribution in [2.24, 2.45) is 0 Å². The predicted octanol–water partition coefficient (Wildman–Crippen LogP) is 1.48. The first-order valence-corrected chi connectivity index (χ1v) is 13.9. The standard InChI is InChI=1S/C29H32N4O10S/c1-17-2-3-21(33(5-6-34)16-27(37)38)23(10-17)41-8-9-42-24-12-18-11-19(13-20-28(39)32-29(44)31-20)43-22(18)14-25(24)40-7-4-30-15-26(35)36/h2-3,10-14,30,34H,4-9,15-16H2,1H3,(H,35,36)(H,37,38)(H2,31,32,39,44)/b20-13+. The predicted molar refractivity (Wildman–Crippen MR) is 163 cm³/mol. The van der Waals surface area contributed by atoms with Gasteiger partial charge >= 0.3 is 11.9 Å². The molecule has 0 radical (unpaired) electrons. The number of fused-ring (bicyclic) bond motifs is 1. The fraction of sp³-hybridized carbons (Fsp3) is 0.310. The number of benzene rings is 2. The largest absolute Gasteiger partial charge is 0.488 e. The summed E-state index contributed by atoms with van der Waals surface area (Å²) in [5.41, 5.74) is 2.12. The normalized spacial score (nSPS) is 13.5. The number of nitrogens with one attached hydrogen (secondary N) is 3. The Hall–Kier alpha value is -4.86. The van der Waals surface area contributed by atoms with E-state index in [0.29, 0.717) is 39.7 Å². The topological polar surface area (TPSA) is 192 Å². The highest BCUT2D eigenvalue weighted by atomic mass is 32.1. The number of furan rings is 1. The van der Waals surface area contributed by atoms with E-state index in [4.69, 9.17) is 36.0 Å². The molecule has 4 rings (SSSR count). The first-order valence-electron chi connectivity index (χ1n) is 13.5. The Kier molecular flexibility index (Phi) is 11.0. The van der Waals surface area contributed by atoms with Gasteiger partial charge < -0.3 is 49.5 Å². The maximum Gasteiger partial charge on any atom is 0.323 e. The molecular weight excluding hydrogens is 596 g/mol. The lowest BCUT2D eigenvalue weighted by atomic mass is 10.2. The SMILES string of the molecule is Cc1ccc(N(CCO)CC(=O)O)c(OCCOc2cc3cc(/C=C4/NC(=S)NC4=O)oc3cc2OCCNCC(=O)O)c1. The third-order valence-electron chi connectivity index (χ3n) is 6.17. The Balaban J connectivity index is 1.50. The monoisotopic (exact) mass is 628 g/mol. The van der Waals surface area contributed by atoms with Crippen molar-refractivity contribution in [3.8, 4) is 17.2 Å². The molecule has 3 aromatic rings. The molecular formula is C29H32N4O10S. The third-order valence-corrected chi connectivity index (χ3v) is 6.38. The van der Waals surface area contributed by atoms with Gasteiger partial charge in [-0.25, -0.2) is 0 Å². The number of aryl methyl sites for hydroxylation is 1. The van der Waals surface area contributed by atoms with Crippen LogP contribution in [0.25, 0.3) is 17.0 Å². The van der Waals surface area contributed by atoms with Crippen molar-refractivity contribution >= 4 is 57.9 Å². The van der Waals surface area contributed by atoms with Gasteiger partial charge in [-0.2, -0.15) is 0 Å². The second-order valence-electron chi connectivity index (χ2n) is 9.58. The van der Waals surface area contributed by atoms with Crippen molar-refractivity contribution in [1.29, 1.82) is 0 Å². The number of rotatable bonds is 17. The van der Waals surface area contributed by atoms with E-state index in [-0.39, 0.29) is 69.3 Å². The molecule has 1 amide bonds. The molecule has 0 atom stereocenters. The summed E-state index contributed by atoms with van der Waals surface area (Å²) in [7, 11) is 0. The van der Waals surface area contributed by atoms with E-state index >= 15 is 0 Å². The van der Waals surface area contributed by atoms with Gasteiger partial charge in [-0.15, -0.1) is 0 Å². The number of anilines is 1. The molecule has 0 bridgehead atoms. The van der Waals surface area contributed by atoms with Crippen LogP contribution in [0.3, 0.4) is 0 Å². The van der Waals surface area contributed by atoms with Crippen molar-refractivity contribution in [1.82, 2.24) is 16.0 Å². The summed E-state index contributed by atoms with van der Waals surface area (Å²) in [5, 5.41) is 36.4. The molecule has 1 aromatic heterocycles. The molecule has 2 heterocycles. The molecule has 0 saturated carbocycles. The molecule has 1 saturated heterocycles. The van der Waals surface area contributed by atoms with Crippen molar-refractivity contribution in [3.05, 3.63) is 53.4 Å². The van der Waals surface area contributed by atoms with Gasteiger partial charge in [-0.1, -0.05) is 6.07 Å². The highest BCUT2D eigenvalue weighted by Gasteiger charge is 2.21.